The fourth-order valence-corrected chi connectivity index (χ4v) is 4.44. The Morgan fingerprint density at radius 1 is 1.44 bits per heavy atom. The molecule has 0 spiro atoms. The number of nitriles is 1. The van der Waals surface area contributed by atoms with Crippen LogP contribution in [-0.2, 0) is 15.6 Å². The third kappa shape index (κ3) is 3.20. The lowest BCUT2D eigenvalue weighted by Crippen LogP contribution is -2.64. The summed E-state index contributed by atoms with van der Waals surface area (Å²) in [5.41, 5.74) is 1.50. The van der Waals surface area contributed by atoms with Gasteiger partial charge < -0.3 is 5.32 Å². The molecule has 2 aromatic heterocycles. The van der Waals surface area contributed by atoms with Crippen molar-refractivity contribution in [3.8, 4) is 17.3 Å². The minimum absolute atomic E-state index is 0.0381. The van der Waals surface area contributed by atoms with Crippen molar-refractivity contribution < 1.29 is 8.42 Å². The van der Waals surface area contributed by atoms with E-state index in [1.807, 2.05) is 0 Å². The Bertz CT molecular complexity index is 1000. The summed E-state index contributed by atoms with van der Waals surface area (Å²) in [4.78, 5) is 8.51. The maximum Gasteiger partial charge on any atom is 0.213 e. The zero-order chi connectivity index (χ0) is 19.7. The van der Waals surface area contributed by atoms with Gasteiger partial charge in [-0.05, 0) is 6.92 Å². The lowest BCUT2D eigenvalue weighted by molar-refractivity contribution is 0.0719. The molecule has 0 bridgehead atoms. The van der Waals surface area contributed by atoms with E-state index in [2.05, 4.69) is 33.0 Å². The molecule has 10 heteroatoms. The van der Waals surface area contributed by atoms with Crippen LogP contribution in [0.2, 0.25) is 0 Å². The third-order valence-electron chi connectivity index (χ3n) is 4.77. The molecule has 142 valence electrons. The Morgan fingerprint density at radius 3 is 2.78 bits per heavy atom. The van der Waals surface area contributed by atoms with Gasteiger partial charge in [-0.2, -0.15) is 14.7 Å². The number of aromatic nitrogens is 4. The van der Waals surface area contributed by atoms with Gasteiger partial charge in [0, 0.05) is 37.5 Å². The van der Waals surface area contributed by atoms with Crippen molar-refractivity contribution in [2.24, 2.45) is 0 Å². The maximum atomic E-state index is 12.1. The van der Waals surface area contributed by atoms with Crippen LogP contribution >= 0.6 is 0 Å². The fourth-order valence-electron chi connectivity index (χ4n) is 3.20. The van der Waals surface area contributed by atoms with Crippen LogP contribution in [0.5, 0.6) is 0 Å². The van der Waals surface area contributed by atoms with E-state index in [0.29, 0.717) is 11.5 Å². The molecule has 3 rings (SSSR count). The highest BCUT2D eigenvalue weighted by atomic mass is 32.2. The van der Waals surface area contributed by atoms with Crippen molar-refractivity contribution in [2.45, 2.75) is 18.9 Å². The fraction of sp³-hybridized carbons (Fsp3) is 0.412. The van der Waals surface area contributed by atoms with Crippen molar-refractivity contribution in [2.75, 3.05) is 31.2 Å². The van der Waals surface area contributed by atoms with E-state index in [0.717, 1.165) is 11.1 Å². The molecule has 0 radical (unpaired) electrons. The Labute approximate surface area is 158 Å². The Morgan fingerprint density at radius 2 is 2.19 bits per heavy atom. The van der Waals surface area contributed by atoms with E-state index in [1.54, 1.807) is 37.1 Å². The van der Waals surface area contributed by atoms with E-state index < -0.39 is 15.6 Å². The summed E-state index contributed by atoms with van der Waals surface area (Å²) in [5.74, 6) is 0.689. The molecule has 0 aromatic carbocycles. The van der Waals surface area contributed by atoms with E-state index >= 15 is 0 Å². The molecule has 1 fully saturated rings. The second-order valence-corrected chi connectivity index (χ2v) is 8.60. The van der Waals surface area contributed by atoms with Crippen molar-refractivity contribution in [1.29, 1.82) is 5.26 Å². The minimum atomic E-state index is -3.28. The largest absolute Gasteiger partial charge is 0.373 e. The normalized spacial score (nSPS) is 16.3. The van der Waals surface area contributed by atoms with Crippen LogP contribution in [0.1, 0.15) is 18.9 Å². The lowest BCUT2D eigenvalue weighted by atomic mass is 9.89. The predicted molar refractivity (Wildman–Crippen MR) is 102 cm³/mol. The minimum Gasteiger partial charge on any atom is -0.373 e. The molecule has 3 heterocycles. The average Bonchev–Trinajstić information content (AvgIpc) is 3.13. The van der Waals surface area contributed by atoms with Crippen LogP contribution in [0.3, 0.4) is 0 Å². The molecule has 0 amide bonds. The van der Waals surface area contributed by atoms with Crippen molar-refractivity contribution in [3.63, 3.8) is 0 Å². The molecule has 1 aliphatic heterocycles. The molecule has 1 saturated heterocycles. The molecule has 1 N–H and O–H groups in total. The summed E-state index contributed by atoms with van der Waals surface area (Å²) in [6.07, 6.45) is 6.74. The maximum absolute atomic E-state index is 12.1. The molecular formula is C17H21N7O2S. The number of hydrogen-bond donors (Lipinski definition) is 1. The van der Waals surface area contributed by atoms with Gasteiger partial charge in [0.2, 0.25) is 10.0 Å². The molecule has 27 heavy (non-hydrogen) atoms. The van der Waals surface area contributed by atoms with E-state index in [-0.39, 0.29) is 25.3 Å². The molecule has 9 nitrogen and oxygen atoms in total. The van der Waals surface area contributed by atoms with Gasteiger partial charge in [0.25, 0.3) is 0 Å². The van der Waals surface area contributed by atoms with Gasteiger partial charge in [-0.1, -0.05) is 12.7 Å². The molecule has 0 atom stereocenters. The van der Waals surface area contributed by atoms with Gasteiger partial charge in [-0.25, -0.2) is 18.4 Å². The summed E-state index contributed by atoms with van der Waals surface area (Å²) in [6, 6.07) is 2.15. The van der Waals surface area contributed by atoms with Gasteiger partial charge in [0.15, 0.2) is 0 Å². The highest BCUT2D eigenvalue weighted by Gasteiger charge is 2.49. The first kappa shape index (κ1) is 19.0. The van der Waals surface area contributed by atoms with Crippen molar-refractivity contribution in [1.82, 2.24) is 24.1 Å². The molecular weight excluding hydrogens is 366 g/mol. The molecule has 0 saturated carbocycles. The number of nitrogens with zero attached hydrogens (tertiary/aromatic N) is 6. The zero-order valence-electron chi connectivity index (χ0n) is 15.3. The first-order valence-corrected chi connectivity index (χ1v) is 10.1. The van der Waals surface area contributed by atoms with E-state index in [1.165, 1.54) is 10.6 Å². The van der Waals surface area contributed by atoms with Crippen LogP contribution in [0, 0.1) is 11.3 Å². The number of hydrogen-bond acceptors (Lipinski definition) is 7. The average molecular weight is 387 g/mol. The van der Waals surface area contributed by atoms with Gasteiger partial charge in [-0.3, -0.25) is 4.68 Å². The quantitative estimate of drug-likeness (QED) is 0.761. The smallest absolute Gasteiger partial charge is 0.213 e. The van der Waals surface area contributed by atoms with Crippen molar-refractivity contribution in [3.05, 3.63) is 30.9 Å². The third-order valence-corrected chi connectivity index (χ3v) is 6.55. The lowest BCUT2D eigenvalue weighted by Gasteiger charge is -2.47. The second kappa shape index (κ2) is 7.09. The van der Waals surface area contributed by atoms with E-state index in [9.17, 15) is 13.7 Å². The van der Waals surface area contributed by atoms with Gasteiger partial charge in [0.05, 0.1) is 30.1 Å². The Hall–Kier alpha value is -2.77. The molecule has 0 unspecified atom stereocenters. The van der Waals surface area contributed by atoms with Crippen LogP contribution in [-0.4, -0.2) is 58.4 Å². The number of sulfonamides is 1. The monoisotopic (exact) mass is 387 g/mol. The number of anilines is 1. The van der Waals surface area contributed by atoms with Crippen LogP contribution in [0.25, 0.3) is 17.3 Å². The summed E-state index contributed by atoms with van der Waals surface area (Å²) >= 11 is 0. The summed E-state index contributed by atoms with van der Waals surface area (Å²) in [7, 11) is -1.52. The Balaban J connectivity index is 1.96. The molecule has 0 aliphatic carbocycles. The first-order chi connectivity index (χ1) is 12.9. The van der Waals surface area contributed by atoms with Crippen LogP contribution < -0.4 is 5.32 Å². The molecule has 2 aromatic rings. The number of rotatable bonds is 7. The van der Waals surface area contributed by atoms with Gasteiger partial charge >= 0.3 is 0 Å². The zero-order valence-corrected chi connectivity index (χ0v) is 16.1. The van der Waals surface area contributed by atoms with Gasteiger partial charge in [0.1, 0.15) is 17.7 Å². The highest BCUT2D eigenvalue weighted by Crippen LogP contribution is 2.36. The standard InChI is InChI=1S/C17H21N7O2S/c1-4-14-15(20-12-21-16(14)19-3)13-8-22-24(9-13)17(6-7-18)10-23(11-17)27(25,26)5-2/h4,8-9,12H,1,5-6,10-11H2,2-3H3,(H,19,20,21). The van der Waals surface area contributed by atoms with Gasteiger partial charge in [-0.15, -0.1) is 0 Å². The van der Waals surface area contributed by atoms with Crippen LogP contribution in [0.4, 0.5) is 5.82 Å². The number of nitrogens with one attached hydrogen (secondary N) is 1. The predicted octanol–water partition coefficient (Wildman–Crippen LogP) is 1.30. The summed E-state index contributed by atoms with van der Waals surface area (Å²) < 4.78 is 27.2. The summed E-state index contributed by atoms with van der Waals surface area (Å²) in [6.45, 7) is 5.90. The van der Waals surface area contributed by atoms with E-state index in [4.69, 9.17) is 0 Å². The second-order valence-electron chi connectivity index (χ2n) is 6.34. The Kier molecular flexibility index (Phi) is 4.99. The highest BCUT2D eigenvalue weighted by molar-refractivity contribution is 7.89. The van der Waals surface area contributed by atoms with Crippen LogP contribution in [0.15, 0.2) is 25.3 Å². The summed E-state index contributed by atoms with van der Waals surface area (Å²) in [5, 5.41) is 16.7. The first-order valence-electron chi connectivity index (χ1n) is 8.46. The topological polar surface area (TPSA) is 117 Å². The van der Waals surface area contributed by atoms with Crippen molar-refractivity contribution >= 4 is 21.9 Å². The molecule has 1 aliphatic rings. The SMILES string of the molecule is C=Cc1c(NC)ncnc1-c1cnn(C2(CC#N)CN(S(=O)(=O)CC)C2)c1.